The van der Waals surface area contributed by atoms with Gasteiger partial charge in [-0.3, -0.25) is 0 Å². The molecular weight excluding hydrogens is 154 g/mol. The predicted octanol–water partition coefficient (Wildman–Crippen LogP) is 2.15. The number of nitrogens with zero attached hydrogens (tertiary/aromatic N) is 1. The lowest BCUT2D eigenvalue weighted by molar-refractivity contribution is 0.0886. The van der Waals surface area contributed by atoms with Gasteiger partial charge >= 0.3 is 0 Å². The third-order valence-electron chi connectivity index (χ3n) is 0.902. The smallest absolute Gasteiger partial charge is 0.283 e. The maximum Gasteiger partial charge on any atom is 0.283 e. The van der Waals surface area contributed by atoms with Crippen LogP contribution in [0.1, 0.15) is 27.7 Å². The van der Waals surface area contributed by atoms with Crippen molar-refractivity contribution in [3.05, 3.63) is 0 Å². The van der Waals surface area contributed by atoms with Crippen LogP contribution in [-0.4, -0.2) is 18.3 Å². The highest BCUT2D eigenvalue weighted by Crippen LogP contribution is 1.96. The predicted molar refractivity (Wildman–Crippen MR) is 48.0 cm³/mol. The third-order valence-corrected chi connectivity index (χ3v) is 0.902. The fourth-order valence-electron chi connectivity index (χ4n) is 0.539. The molecule has 0 radical (unpaired) electrons. The van der Waals surface area contributed by atoms with Crippen LogP contribution in [0.15, 0.2) is 0 Å². The van der Waals surface area contributed by atoms with Crippen molar-refractivity contribution in [3.8, 4) is 6.26 Å². The van der Waals surface area contributed by atoms with Crippen molar-refractivity contribution in [3.63, 3.8) is 0 Å². The van der Waals surface area contributed by atoms with E-state index in [2.05, 4.69) is 27.7 Å². The molecule has 0 saturated carbocycles. The van der Waals surface area contributed by atoms with Crippen LogP contribution in [0.25, 0.3) is 0 Å². The molecule has 0 atom stereocenters. The molecule has 3 heteroatoms. The van der Waals surface area contributed by atoms with Gasteiger partial charge in [-0.2, -0.15) is 5.26 Å². The summed E-state index contributed by atoms with van der Waals surface area (Å²) in [5.41, 5.74) is 0. The summed E-state index contributed by atoms with van der Waals surface area (Å²) < 4.78 is 5.36. The Balaban J connectivity index is 0. The second kappa shape index (κ2) is 10.2. The van der Waals surface area contributed by atoms with Crippen molar-refractivity contribution in [2.75, 3.05) is 13.2 Å². The first-order valence-electron chi connectivity index (χ1n) is 4.15. The van der Waals surface area contributed by atoms with Gasteiger partial charge in [0.15, 0.2) is 0 Å². The molecule has 0 bridgehead atoms. The highest BCUT2D eigenvalue weighted by Gasteiger charge is 1.95. The molecule has 0 aromatic heterocycles. The Hall–Kier alpha value is -0.750. The van der Waals surface area contributed by atoms with Gasteiger partial charge in [0.2, 0.25) is 0 Å². The van der Waals surface area contributed by atoms with Crippen molar-refractivity contribution in [2.24, 2.45) is 11.8 Å². The van der Waals surface area contributed by atoms with E-state index in [1.165, 1.54) is 0 Å². The van der Waals surface area contributed by atoms with E-state index in [1.807, 2.05) is 0 Å². The second-order valence-electron chi connectivity index (χ2n) is 3.43. The van der Waals surface area contributed by atoms with E-state index in [4.69, 9.17) is 15.1 Å². The number of ether oxygens (including phenoxy) is 1. The molecule has 12 heavy (non-hydrogen) atoms. The van der Waals surface area contributed by atoms with Gasteiger partial charge in [-0.1, -0.05) is 27.7 Å². The molecule has 0 saturated heterocycles. The van der Waals surface area contributed by atoms with E-state index in [9.17, 15) is 0 Å². The fourth-order valence-corrected chi connectivity index (χ4v) is 0.539. The van der Waals surface area contributed by atoms with Gasteiger partial charge in [0.25, 0.3) is 6.26 Å². The van der Waals surface area contributed by atoms with Crippen LogP contribution >= 0.6 is 0 Å². The summed E-state index contributed by atoms with van der Waals surface area (Å²) in [6, 6.07) is 0. The molecule has 0 unspecified atom stereocenters. The van der Waals surface area contributed by atoms with Crippen molar-refractivity contribution >= 4 is 0 Å². The summed E-state index contributed by atoms with van der Waals surface area (Å²) in [7, 11) is 0. The first-order chi connectivity index (χ1) is 5.54. The standard InChI is InChI=1S/C8H18O.CHNO/c1-7(2)5-9-6-8(3)4;2-1-3/h7-8H,5-6H2,1-4H3;3H. The molecular formula is C9H19NO2. The normalized spacial score (nSPS) is 9.08. The van der Waals surface area contributed by atoms with E-state index in [0.29, 0.717) is 11.8 Å². The van der Waals surface area contributed by atoms with Crippen LogP contribution in [0.4, 0.5) is 0 Å². The van der Waals surface area contributed by atoms with Crippen LogP contribution in [0.2, 0.25) is 0 Å². The number of nitriles is 1. The zero-order valence-corrected chi connectivity index (χ0v) is 8.37. The minimum Gasteiger partial charge on any atom is -0.443 e. The van der Waals surface area contributed by atoms with Crippen LogP contribution < -0.4 is 0 Å². The average molecular weight is 173 g/mol. The number of hydrogen-bond donors (Lipinski definition) is 1. The zero-order chi connectivity index (χ0) is 9.98. The lowest BCUT2D eigenvalue weighted by Crippen LogP contribution is -2.06. The van der Waals surface area contributed by atoms with Crippen LogP contribution in [0.5, 0.6) is 0 Å². The maximum atomic E-state index is 6.88. The molecule has 0 aromatic carbocycles. The zero-order valence-electron chi connectivity index (χ0n) is 8.37. The van der Waals surface area contributed by atoms with Crippen molar-refractivity contribution in [2.45, 2.75) is 27.7 Å². The van der Waals surface area contributed by atoms with E-state index < -0.39 is 0 Å². The maximum absolute atomic E-state index is 6.88. The van der Waals surface area contributed by atoms with Crippen molar-refractivity contribution in [1.82, 2.24) is 0 Å². The van der Waals surface area contributed by atoms with Gasteiger partial charge in [-0.05, 0) is 11.8 Å². The molecule has 0 fully saturated rings. The van der Waals surface area contributed by atoms with Crippen molar-refractivity contribution in [1.29, 1.82) is 5.26 Å². The second-order valence-corrected chi connectivity index (χ2v) is 3.43. The minimum atomic E-state index is 0.670. The number of rotatable bonds is 4. The van der Waals surface area contributed by atoms with Crippen molar-refractivity contribution < 1.29 is 9.84 Å². The number of aliphatic hydroxyl groups is 1. The van der Waals surface area contributed by atoms with E-state index in [0.717, 1.165) is 19.5 Å². The summed E-state index contributed by atoms with van der Waals surface area (Å²) >= 11 is 0. The highest BCUT2D eigenvalue weighted by atomic mass is 16.5. The first kappa shape index (κ1) is 13.8. The van der Waals surface area contributed by atoms with Gasteiger partial charge in [0, 0.05) is 13.2 Å². The van der Waals surface area contributed by atoms with Gasteiger partial charge in [0.1, 0.15) is 0 Å². The lowest BCUT2D eigenvalue weighted by Gasteiger charge is -2.07. The van der Waals surface area contributed by atoms with Gasteiger partial charge in [-0.25, -0.2) is 0 Å². The first-order valence-corrected chi connectivity index (χ1v) is 4.15. The molecule has 0 heterocycles. The molecule has 3 nitrogen and oxygen atoms in total. The summed E-state index contributed by atoms with van der Waals surface area (Å²) in [5, 5.41) is 13.8. The molecule has 0 rings (SSSR count). The highest BCUT2D eigenvalue weighted by molar-refractivity contribution is 4.42. The van der Waals surface area contributed by atoms with Crippen LogP contribution in [-0.2, 0) is 4.74 Å². The van der Waals surface area contributed by atoms with Crippen LogP contribution in [0, 0.1) is 23.4 Å². The van der Waals surface area contributed by atoms with Gasteiger partial charge in [-0.15, -0.1) is 0 Å². The minimum absolute atomic E-state index is 0.670. The molecule has 0 aromatic rings. The Labute approximate surface area is 75.0 Å². The Morgan fingerprint density at radius 1 is 1.17 bits per heavy atom. The SMILES string of the molecule is CC(C)COCC(C)C.N#CO. The summed E-state index contributed by atoms with van der Waals surface area (Å²) in [5.74, 6) is 1.34. The molecule has 0 amide bonds. The molecule has 0 aliphatic carbocycles. The molecule has 1 N–H and O–H groups in total. The van der Waals surface area contributed by atoms with E-state index in [-0.39, 0.29) is 0 Å². The van der Waals surface area contributed by atoms with Gasteiger partial charge in [0.05, 0.1) is 0 Å². The Morgan fingerprint density at radius 3 is 1.58 bits per heavy atom. The number of aliphatic hydroxyl groups excluding tert-OH is 1. The molecule has 0 spiro atoms. The summed E-state index contributed by atoms with van der Waals surface area (Å²) in [6.07, 6.45) is 0.750. The van der Waals surface area contributed by atoms with Crippen LogP contribution in [0.3, 0.4) is 0 Å². The van der Waals surface area contributed by atoms with E-state index >= 15 is 0 Å². The molecule has 72 valence electrons. The van der Waals surface area contributed by atoms with E-state index in [1.54, 1.807) is 0 Å². The Bertz CT molecular complexity index is 108. The topological polar surface area (TPSA) is 53.2 Å². The summed E-state index contributed by atoms with van der Waals surface area (Å²) in [6.45, 7) is 10.5. The molecule has 0 aliphatic heterocycles. The Morgan fingerprint density at radius 2 is 1.42 bits per heavy atom. The largest absolute Gasteiger partial charge is 0.443 e. The fraction of sp³-hybridized carbons (Fsp3) is 0.889. The van der Waals surface area contributed by atoms with Gasteiger partial charge < -0.3 is 9.84 Å². The number of hydrogen-bond acceptors (Lipinski definition) is 3. The Kier molecular flexibility index (Phi) is 11.8. The quantitative estimate of drug-likeness (QED) is 0.663. The molecule has 0 aliphatic rings. The monoisotopic (exact) mass is 173 g/mol. The lowest BCUT2D eigenvalue weighted by atomic mass is 10.2. The third kappa shape index (κ3) is 22.8. The average Bonchev–Trinajstić information content (AvgIpc) is 1.87. The summed E-state index contributed by atoms with van der Waals surface area (Å²) in [4.78, 5) is 0.